The number of halogens is 5. The van der Waals surface area contributed by atoms with Gasteiger partial charge in [0.2, 0.25) is 5.88 Å². The van der Waals surface area contributed by atoms with Crippen molar-refractivity contribution in [3.8, 4) is 5.88 Å². The summed E-state index contributed by atoms with van der Waals surface area (Å²) in [5, 5.41) is 9.62. The molecule has 2 aromatic rings. The van der Waals surface area contributed by atoms with Crippen molar-refractivity contribution in [2.24, 2.45) is 0 Å². The highest BCUT2D eigenvalue weighted by atomic mass is 19.4. The number of nitrogens with one attached hydrogen (secondary N) is 2. The third-order valence-corrected chi connectivity index (χ3v) is 6.28. The Morgan fingerprint density at radius 3 is 2.58 bits per heavy atom. The van der Waals surface area contributed by atoms with Gasteiger partial charge in [-0.2, -0.15) is 13.2 Å². The van der Waals surface area contributed by atoms with E-state index in [2.05, 4.69) is 28.9 Å². The largest absolute Gasteiger partial charge is 0.477 e. The fourth-order valence-electron chi connectivity index (χ4n) is 4.38. The zero-order valence-corrected chi connectivity index (χ0v) is 21.2. The molecule has 0 bridgehead atoms. The summed E-state index contributed by atoms with van der Waals surface area (Å²) in [6, 6.07) is -0.463. The second-order valence-electron chi connectivity index (χ2n) is 8.77. The van der Waals surface area contributed by atoms with Crippen LogP contribution in [-0.2, 0) is 4.74 Å². The summed E-state index contributed by atoms with van der Waals surface area (Å²) >= 11 is 0. The number of benzene rings is 1. The summed E-state index contributed by atoms with van der Waals surface area (Å²) in [5.74, 6) is -2.52. The third kappa shape index (κ3) is 6.33. The molecular weight excluding hydrogens is 513 g/mol. The summed E-state index contributed by atoms with van der Waals surface area (Å²) < 4.78 is 80.5. The van der Waals surface area contributed by atoms with E-state index in [0.29, 0.717) is 17.9 Å². The normalized spacial score (nSPS) is 18.7. The second-order valence-corrected chi connectivity index (χ2v) is 8.77. The van der Waals surface area contributed by atoms with Gasteiger partial charge in [-0.25, -0.2) is 18.3 Å². The maximum absolute atomic E-state index is 14.0. The molecule has 1 aliphatic heterocycles. The molecule has 0 aliphatic carbocycles. The second kappa shape index (κ2) is 11.9. The molecular formula is C25H30F5N5O3. The van der Waals surface area contributed by atoms with E-state index in [4.69, 9.17) is 9.47 Å². The molecule has 1 aromatic heterocycles. The van der Waals surface area contributed by atoms with Crippen molar-refractivity contribution < 1.29 is 36.2 Å². The molecule has 2 amide bonds. The first-order chi connectivity index (χ1) is 17.9. The number of allylic oxidation sites excluding steroid dienone is 2. The van der Waals surface area contributed by atoms with Gasteiger partial charge >= 0.3 is 12.2 Å². The van der Waals surface area contributed by atoms with E-state index < -0.39 is 48.5 Å². The topological polar surface area (TPSA) is 80.6 Å². The molecule has 3 rings (SSSR count). The Morgan fingerprint density at radius 2 is 2.00 bits per heavy atom. The average Bonchev–Trinajstić information content (AvgIpc) is 3.39. The molecule has 0 radical (unpaired) electrons. The Labute approximate surface area is 217 Å². The number of methoxy groups -OCH3 is 1. The molecule has 2 heterocycles. The van der Waals surface area contributed by atoms with E-state index in [1.807, 2.05) is 0 Å². The maximum Gasteiger partial charge on any atom is 0.406 e. The van der Waals surface area contributed by atoms with Crippen LogP contribution in [0.25, 0.3) is 5.70 Å². The summed E-state index contributed by atoms with van der Waals surface area (Å²) in [4.78, 5) is 14.2. The lowest BCUT2D eigenvalue weighted by Crippen LogP contribution is -2.49. The van der Waals surface area contributed by atoms with Crippen LogP contribution < -0.4 is 15.4 Å². The predicted octanol–water partition coefficient (Wildman–Crippen LogP) is 4.69. The number of aromatic nitrogens is 2. The Balaban J connectivity index is 1.90. The van der Waals surface area contributed by atoms with Gasteiger partial charge in [-0.15, -0.1) is 5.10 Å². The molecule has 208 valence electrons. The highest BCUT2D eigenvalue weighted by molar-refractivity contribution is 5.90. The molecule has 2 N–H and O–H groups in total. The van der Waals surface area contributed by atoms with Gasteiger partial charge in [0, 0.05) is 26.1 Å². The molecule has 38 heavy (non-hydrogen) atoms. The zero-order valence-electron chi connectivity index (χ0n) is 21.2. The smallest absolute Gasteiger partial charge is 0.406 e. The number of rotatable bonds is 10. The summed E-state index contributed by atoms with van der Waals surface area (Å²) in [6.45, 7) is 10.2. The minimum Gasteiger partial charge on any atom is -0.477 e. The van der Waals surface area contributed by atoms with Gasteiger partial charge in [0.1, 0.15) is 11.9 Å². The molecule has 1 aromatic carbocycles. The van der Waals surface area contributed by atoms with Gasteiger partial charge in [-0.3, -0.25) is 10.2 Å². The average molecular weight is 544 g/mol. The van der Waals surface area contributed by atoms with Crippen molar-refractivity contribution in [1.29, 1.82) is 0 Å². The molecule has 3 atom stereocenters. The van der Waals surface area contributed by atoms with Crippen LogP contribution >= 0.6 is 0 Å². The van der Waals surface area contributed by atoms with Gasteiger partial charge in [-0.1, -0.05) is 19.2 Å². The molecule has 0 spiro atoms. The van der Waals surface area contributed by atoms with Crippen LogP contribution in [0.1, 0.15) is 24.0 Å². The van der Waals surface area contributed by atoms with Crippen LogP contribution in [0.15, 0.2) is 37.4 Å². The number of carbonyl (C=O) groups excluding carboxylic acids is 1. The quantitative estimate of drug-likeness (QED) is 0.336. The number of hydrogen-bond donors (Lipinski definition) is 2. The van der Waals surface area contributed by atoms with Crippen LogP contribution in [-0.4, -0.2) is 72.4 Å². The first-order valence-electron chi connectivity index (χ1n) is 11.8. The van der Waals surface area contributed by atoms with Crippen molar-refractivity contribution in [3.63, 3.8) is 0 Å². The molecule has 1 saturated heterocycles. The fourth-order valence-corrected chi connectivity index (χ4v) is 4.38. The highest BCUT2D eigenvalue weighted by Crippen LogP contribution is 2.35. The molecule has 0 saturated carbocycles. The molecule has 1 unspecified atom stereocenters. The lowest BCUT2D eigenvalue weighted by atomic mass is 9.94. The van der Waals surface area contributed by atoms with Crippen molar-refractivity contribution >= 4 is 17.5 Å². The molecule has 8 nitrogen and oxygen atoms in total. The lowest BCUT2D eigenvalue weighted by molar-refractivity contribution is -0.192. The van der Waals surface area contributed by atoms with E-state index in [9.17, 15) is 26.7 Å². The number of alkyl halides is 3. The monoisotopic (exact) mass is 543 g/mol. The molecule has 13 heteroatoms. The number of anilines is 1. The van der Waals surface area contributed by atoms with Crippen LogP contribution in [0.3, 0.4) is 0 Å². The number of hydrogen-bond acceptors (Lipinski definition) is 5. The Bertz CT molecular complexity index is 1180. The number of carbonyl (C=O) groups is 1. The predicted molar refractivity (Wildman–Crippen MR) is 132 cm³/mol. The van der Waals surface area contributed by atoms with Crippen molar-refractivity contribution in [2.45, 2.75) is 38.0 Å². The van der Waals surface area contributed by atoms with Crippen LogP contribution in [0.4, 0.5) is 32.6 Å². The summed E-state index contributed by atoms with van der Waals surface area (Å²) in [6.07, 6.45) is -3.19. The SMILES string of the molecule is C=CC(=C)n1nc(OCC)c(C)c1NC(=O)NC1CN([C@@H](COC)C(F)(F)F)C[C@H]1c1ccc(F)c(F)c1. The first kappa shape index (κ1) is 29.1. The minimum atomic E-state index is -4.61. The van der Waals surface area contributed by atoms with Crippen molar-refractivity contribution in [2.75, 3.05) is 38.7 Å². The Hall–Kier alpha value is -3.45. The van der Waals surface area contributed by atoms with E-state index in [-0.39, 0.29) is 30.4 Å². The van der Waals surface area contributed by atoms with Gasteiger partial charge < -0.3 is 14.8 Å². The van der Waals surface area contributed by atoms with Crippen molar-refractivity contribution in [3.05, 3.63) is 60.2 Å². The van der Waals surface area contributed by atoms with Crippen molar-refractivity contribution in [1.82, 2.24) is 20.0 Å². The van der Waals surface area contributed by atoms with E-state index in [1.165, 1.54) is 16.8 Å². The van der Waals surface area contributed by atoms with E-state index in [1.54, 1.807) is 13.8 Å². The van der Waals surface area contributed by atoms with Crippen LogP contribution in [0, 0.1) is 18.6 Å². The molecule has 1 aliphatic rings. The fraction of sp³-hybridized carbons (Fsp3) is 0.440. The standard InChI is InChI=1S/C25H30F5N5O3/c1-6-14(3)35-22(15(4)23(33-35)38-7-2)32-24(36)31-20-12-34(21(13-37-5)25(28,29)30)11-17(20)16-8-9-18(26)19(27)10-16/h6,8-10,17,20-21H,1,3,7,11-13H2,2,4-5H3,(H2,31,32,36)/t17-,20?,21-/m0/s1. The van der Waals surface area contributed by atoms with Crippen LogP contribution in [0.2, 0.25) is 0 Å². The number of urea groups is 1. The third-order valence-electron chi connectivity index (χ3n) is 6.28. The number of ether oxygens (including phenoxy) is 2. The number of amides is 2. The van der Waals surface area contributed by atoms with Gasteiger partial charge in [0.05, 0.1) is 30.5 Å². The van der Waals surface area contributed by atoms with Gasteiger partial charge in [-0.05, 0) is 37.6 Å². The van der Waals surface area contributed by atoms with Crippen LogP contribution in [0.5, 0.6) is 5.88 Å². The van der Waals surface area contributed by atoms with Gasteiger partial charge in [0.25, 0.3) is 0 Å². The maximum atomic E-state index is 14.0. The first-order valence-corrected chi connectivity index (χ1v) is 11.8. The number of nitrogens with zero attached hydrogens (tertiary/aromatic N) is 3. The minimum absolute atomic E-state index is 0.178. The summed E-state index contributed by atoms with van der Waals surface area (Å²) in [5.41, 5.74) is 1.08. The number of likely N-dealkylation sites (tertiary alicyclic amines) is 1. The highest BCUT2D eigenvalue weighted by Gasteiger charge is 2.48. The summed E-state index contributed by atoms with van der Waals surface area (Å²) in [7, 11) is 1.16. The van der Waals surface area contributed by atoms with E-state index in [0.717, 1.165) is 24.1 Å². The van der Waals surface area contributed by atoms with E-state index >= 15 is 0 Å². The Morgan fingerprint density at radius 1 is 1.29 bits per heavy atom. The zero-order chi connectivity index (χ0) is 28.2. The van der Waals surface area contributed by atoms with Gasteiger partial charge in [0.15, 0.2) is 11.6 Å². The lowest BCUT2D eigenvalue weighted by Gasteiger charge is -2.29. The molecule has 1 fully saturated rings. The Kier molecular flexibility index (Phi) is 9.15.